The minimum absolute atomic E-state index is 0.211. The van der Waals surface area contributed by atoms with E-state index in [4.69, 9.17) is 9.63 Å². The van der Waals surface area contributed by atoms with Crippen molar-refractivity contribution in [1.29, 1.82) is 0 Å². The molecule has 0 aliphatic heterocycles. The Bertz CT molecular complexity index is 1470. The number of halogens is 3. The number of nitrogens with zero attached hydrogens (tertiary/aromatic N) is 1. The molecule has 7 heteroatoms. The van der Waals surface area contributed by atoms with E-state index >= 15 is 0 Å². The molecule has 1 atom stereocenters. The van der Waals surface area contributed by atoms with E-state index in [0.717, 1.165) is 40.4 Å². The van der Waals surface area contributed by atoms with Crippen LogP contribution in [0.4, 0.5) is 13.2 Å². The highest BCUT2D eigenvalue weighted by atomic mass is 19.4. The zero-order valence-corrected chi connectivity index (χ0v) is 21.0. The molecule has 1 heterocycles. The van der Waals surface area contributed by atoms with E-state index in [1.54, 1.807) is 18.2 Å². The molecule has 0 radical (unpaired) electrons. The first-order valence-electron chi connectivity index (χ1n) is 12.2. The molecule has 1 unspecified atom stereocenters. The molecule has 0 spiro atoms. The lowest BCUT2D eigenvalue weighted by Gasteiger charge is -2.13. The standard InChI is InChI=1S/C31H26F3NO3/c1-20(6-7-23-4-3-5-27(19-23)31(32,33)34)18-28-21(2)35-38-30(28)26-15-13-25(14-16-26)24-11-8-22(9-12-24)10-17-29(36)37/h3-5,8-9,11-16,19-20H,6-7,18H2,1-2H3,(H,36,37). The van der Waals surface area contributed by atoms with E-state index in [2.05, 4.69) is 23.9 Å². The predicted octanol–water partition coefficient (Wildman–Crippen LogP) is 7.58. The molecule has 1 aromatic heterocycles. The summed E-state index contributed by atoms with van der Waals surface area (Å²) in [4.78, 5) is 10.6. The first-order chi connectivity index (χ1) is 18.1. The molecule has 0 saturated carbocycles. The second-order valence-corrected chi connectivity index (χ2v) is 9.33. The topological polar surface area (TPSA) is 63.3 Å². The van der Waals surface area contributed by atoms with Crippen LogP contribution in [-0.4, -0.2) is 16.2 Å². The molecule has 4 rings (SSSR count). The summed E-state index contributed by atoms with van der Waals surface area (Å²) >= 11 is 0. The smallest absolute Gasteiger partial charge is 0.416 e. The van der Waals surface area contributed by atoms with Crippen LogP contribution < -0.4 is 0 Å². The van der Waals surface area contributed by atoms with Crippen LogP contribution in [0.1, 0.15) is 41.3 Å². The summed E-state index contributed by atoms with van der Waals surface area (Å²) in [5, 5.41) is 12.9. The average molecular weight is 518 g/mol. The molecular weight excluding hydrogens is 491 g/mol. The zero-order chi connectivity index (χ0) is 27.3. The number of carboxylic acid groups (broad SMARTS) is 1. The number of carboxylic acids is 1. The number of benzene rings is 3. The number of aryl methyl sites for hydroxylation is 2. The lowest BCUT2D eigenvalue weighted by Crippen LogP contribution is -2.06. The van der Waals surface area contributed by atoms with Crippen LogP contribution in [0.5, 0.6) is 0 Å². The van der Waals surface area contributed by atoms with Crippen LogP contribution in [0, 0.1) is 24.7 Å². The third kappa shape index (κ3) is 6.71. The molecule has 1 N–H and O–H groups in total. The van der Waals surface area contributed by atoms with Crippen LogP contribution in [0.2, 0.25) is 0 Å². The molecule has 4 nitrogen and oxygen atoms in total. The molecule has 0 aliphatic rings. The van der Waals surface area contributed by atoms with Crippen LogP contribution in [0.15, 0.2) is 77.3 Å². The molecule has 0 fully saturated rings. The van der Waals surface area contributed by atoms with Gasteiger partial charge in [0.15, 0.2) is 5.76 Å². The van der Waals surface area contributed by atoms with Gasteiger partial charge >= 0.3 is 12.1 Å². The van der Waals surface area contributed by atoms with Crippen molar-refractivity contribution in [2.24, 2.45) is 5.92 Å². The zero-order valence-electron chi connectivity index (χ0n) is 21.0. The number of alkyl halides is 3. The average Bonchev–Trinajstić information content (AvgIpc) is 3.26. The molecule has 3 aromatic carbocycles. The van der Waals surface area contributed by atoms with E-state index in [1.165, 1.54) is 12.1 Å². The van der Waals surface area contributed by atoms with Crippen molar-refractivity contribution in [1.82, 2.24) is 5.16 Å². The third-order valence-electron chi connectivity index (χ3n) is 6.40. The first kappa shape index (κ1) is 26.7. The highest BCUT2D eigenvalue weighted by molar-refractivity contribution is 5.87. The van der Waals surface area contributed by atoms with Crippen LogP contribution in [0.3, 0.4) is 0 Å². The van der Waals surface area contributed by atoms with E-state index < -0.39 is 17.7 Å². The van der Waals surface area contributed by atoms with Gasteiger partial charge in [0.2, 0.25) is 0 Å². The summed E-state index contributed by atoms with van der Waals surface area (Å²) in [5.41, 5.74) is 5.31. The van der Waals surface area contributed by atoms with Gasteiger partial charge in [-0.3, -0.25) is 0 Å². The monoisotopic (exact) mass is 517 g/mol. The Morgan fingerprint density at radius 3 is 2.26 bits per heavy atom. The van der Waals surface area contributed by atoms with Crippen molar-refractivity contribution >= 4 is 5.97 Å². The van der Waals surface area contributed by atoms with Crippen molar-refractivity contribution in [2.45, 2.75) is 39.3 Å². The van der Waals surface area contributed by atoms with Gasteiger partial charge in [-0.15, -0.1) is 0 Å². The van der Waals surface area contributed by atoms with Gasteiger partial charge in [-0.2, -0.15) is 13.2 Å². The van der Waals surface area contributed by atoms with Crippen LogP contribution >= 0.6 is 0 Å². The number of aromatic nitrogens is 1. The minimum atomic E-state index is -4.34. The molecule has 4 aromatic rings. The Morgan fingerprint density at radius 1 is 1.00 bits per heavy atom. The Labute approximate surface area is 219 Å². The van der Waals surface area contributed by atoms with Gasteiger partial charge in [0.1, 0.15) is 0 Å². The lowest BCUT2D eigenvalue weighted by molar-refractivity contribution is -0.137. The summed E-state index contributed by atoms with van der Waals surface area (Å²) in [5.74, 6) is 4.43. The molecule has 38 heavy (non-hydrogen) atoms. The van der Waals surface area contributed by atoms with Crippen LogP contribution in [-0.2, 0) is 23.8 Å². The highest BCUT2D eigenvalue weighted by Gasteiger charge is 2.30. The van der Waals surface area contributed by atoms with Gasteiger partial charge in [0.25, 0.3) is 0 Å². The number of hydrogen-bond acceptors (Lipinski definition) is 3. The van der Waals surface area contributed by atoms with Gasteiger partial charge in [0.05, 0.1) is 11.3 Å². The van der Waals surface area contributed by atoms with Gasteiger partial charge < -0.3 is 9.63 Å². The number of carbonyl (C=O) groups is 1. The van der Waals surface area contributed by atoms with E-state index in [9.17, 15) is 18.0 Å². The Hall–Kier alpha value is -4.31. The number of hydrogen-bond donors (Lipinski definition) is 1. The molecular formula is C31H26F3NO3. The van der Waals surface area contributed by atoms with Gasteiger partial charge in [-0.1, -0.05) is 72.6 Å². The fourth-order valence-corrected chi connectivity index (χ4v) is 4.31. The Morgan fingerprint density at radius 2 is 1.63 bits per heavy atom. The van der Waals surface area contributed by atoms with Crippen molar-refractivity contribution in [3.8, 4) is 34.3 Å². The van der Waals surface area contributed by atoms with E-state index in [1.807, 2.05) is 43.3 Å². The quantitative estimate of drug-likeness (QED) is 0.257. The maximum absolute atomic E-state index is 13.0. The maximum Gasteiger partial charge on any atom is 0.416 e. The second-order valence-electron chi connectivity index (χ2n) is 9.33. The summed E-state index contributed by atoms with van der Waals surface area (Å²) in [6.45, 7) is 3.97. The molecule has 0 amide bonds. The summed E-state index contributed by atoms with van der Waals surface area (Å²) < 4.78 is 44.7. The van der Waals surface area contributed by atoms with Crippen LogP contribution in [0.25, 0.3) is 22.5 Å². The van der Waals surface area contributed by atoms with Gasteiger partial charge in [0, 0.05) is 22.6 Å². The summed E-state index contributed by atoms with van der Waals surface area (Å²) in [6, 6.07) is 20.7. The summed E-state index contributed by atoms with van der Waals surface area (Å²) in [6.07, 6.45) is -2.35. The second kappa shape index (κ2) is 11.4. The Kier molecular flexibility index (Phi) is 8.02. The minimum Gasteiger partial charge on any atom is -0.472 e. The third-order valence-corrected chi connectivity index (χ3v) is 6.40. The fraction of sp³-hybridized carbons (Fsp3) is 0.226. The maximum atomic E-state index is 13.0. The molecule has 0 aliphatic carbocycles. The summed E-state index contributed by atoms with van der Waals surface area (Å²) in [7, 11) is 0. The van der Waals surface area contributed by atoms with Gasteiger partial charge in [-0.05, 0) is 67.0 Å². The Balaban J connectivity index is 1.44. The predicted molar refractivity (Wildman–Crippen MR) is 139 cm³/mol. The van der Waals surface area contributed by atoms with Gasteiger partial charge in [-0.25, -0.2) is 4.79 Å². The largest absolute Gasteiger partial charge is 0.472 e. The van der Waals surface area contributed by atoms with Crippen molar-refractivity contribution in [3.05, 3.63) is 101 Å². The van der Waals surface area contributed by atoms with E-state index in [0.29, 0.717) is 29.7 Å². The highest BCUT2D eigenvalue weighted by Crippen LogP contribution is 2.32. The molecule has 194 valence electrons. The molecule has 0 bridgehead atoms. The number of aliphatic carboxylic acids is 1. The van der Waals surface area contributed by atoms with Crippen molar-refractivity contribution < 1.29 is 27.6 Å². The number of rotatable bonds is 7. The van der Waals surface area contributed by atoms with Crippen molar-refractivity contribution in [3.63, 3.8) is 0 Å². The molecule has 0 saturated heterocycles. The normalized spacial score (nSPS) is 12.0. The van der Waals surface area contributed by atoms with Crippen molar-refractivity contribution in [2.75, 3.05) is 0 Å². The lowest BCUT2D eigenvalue weighted by atomic mass is 9.92. The fourth-order valence-electron chi connectivity index (χ4n) is 4.31. The first-order valence-corrected chi connectivity index (χ1v) is 12.2. The van der Waals surface area contributed by atoms with E-state index in [-0.39, 0.29) is 5.92 Å². The SMILES string of the molecule is Cc1noc(-c2ccc(-c3ccc(C#CC(=O)O)cc3)cc2)c1CC(C)CCc1cccc(C(F)(F)F)c1.